The highest BCUT2D eigenvalue weighted by atomic mass is 32.1. The van der Waals surface area contributed by atoms with E-state index in [4.69, 9.17) is 9.47 Å². The Morgan fingerprint density at radius 2 is 1.88 bits per heavy atom. The Balaban J connectivity index is 1.48. The molecule has 11 nitrogen and oxygen atoms in total. The molecule has 12 heteroatoms. The van der Waals surface area contributed by atoms with Crippen molar-refractivity contribution in [2.75, 3.05) is 18.5 Å². The number of aromatic nitrogens is 3. The quantitative estimate of drug-likeness (QED) is 0.278. The van der Waals surface area contributed by atoms with Crippen molar-refractivity contribution < 1.29 is 23.9 Å². The summed E-state index contributed by atoms with van der Waals surface area (Å²) in [6, 6.07) is 18.9. The highest BCUT2D eigenvalue weighted by Gasteiger charge is 2.24. The number of carbonyl (C=O) groups is 3. The second-order valence-corrected chi connectivity index (χ2v) is 11.0. The highest BCUT2D eigenvalue weighted by molar-refractivity contribution is 7.20. The van der Waals surface area contributed by atoms with Gasteiger partial charge in [0.15, 0.2) is 6.10 Å². The monoisotopic (exact) mass is 585 g/mol. The molecule has 42 heavy (non-hydrogen) atoms. The number of nitrogens with zero attached hydrogens (tertiary/aromatic N) is 3. The van der Waals surface area contributed by atoms with Crippen LogP contribution in [0.5, 0.6) is 0 Å². The van der Waals surface area contributed by atoms with Gasteiger partial charge in [-0.3, -0.25) is 23.7 Å². The summed E-state index contributed by atoms with van der Waals surface area (Å²) in [5.74, 6) is -1.88. The molecule has 2 amide bonds. The molecule has 6 rings (SSSR count). The third-order valence-corrected chi connectivity index (χ3v) is 7.98. The standard InChI is InChI=1S/C30H27N5O6S/c1-17(41-18(2)36)27(37)32-26-30(39)35(24-15-25(42-29(24)33-26)28(38)31-20-11-13-40-16-20)22-9-8-19-10-12-34(23(19)14-22)21-6-4-3-5-7-21/h3-10,12,14-15,17,20H,11,13,16H2,1-2H3,(H,31,38)(H,32,33,37)/t17-,20+/m0/s1. The van der Waals surface area contributed by atoms with Crippen molar-refractivity contribution in [1.29, 1.82) is 0 Å². The maximum Gasteiger partial charge on any atom is 0.303 e. The molecule has 0 radical (unpaired) electrons. The number of carbonyl (C=O) groups excluding carboxylic acids is 3. The van der Waals surface area contributed by atoms with E-state index in [2.05, 4.69) is 15.6 Å². The van der Waals surface area contributed by atoms with Crippen LogP contribution in [0.4, 0.5) is 5.82 Å². The summed E-state index contributed by atoms with van der Waals surface area (Å²) < 4.78 is 13.8. The molecule has 4 heterocycles. The lowest BCUT2D eigenvalue weighted by Crippen LogP contribution is -2.34. The molecule has 5 aromatic rings. The van der Waals surface area contributed by atoms with Gasteiger partial charge in [-0.15, -0.1) is 11.3 Å². The lowest BCUT2D eigenvalue weighted by molar-refractivity contribution is -0.150. The molecule has 0 unspecified atom stereocenters. The summed E-state index contributed by atoms with van der Waals surface area (Å²) in [6.45, 7) is 3.62. The molecule has 0 bridgehead atoms. The van der Waals surface area contributed by atoms with E-state index >= 15 is 0 Å². The van der Waals surface area contributed by atoms with Gasteiger partial charge in [-0.2, -0.15) is 0 Å². The van der Waals surface area contributed by atoms with E-state index in [-0.39, 0.29) is 17.8 Å². The average Bonchev–Trinajstić information content (AvgIpc) is 3.73. The fourth-order valence-electron chi connectivity index (χ4n) is 4.92. The summed E-state index contributed by atoms with van der Waals surface area (Å²) in [6.07, 6.45) is 1.53. The zero-order valence-corrected chi connectivity index (χ0v) is 23.6. The lowest BCUT2D eigenvalue weighted by atomic mass is 10.2. The van der Waals surface area contributed by atoms with Crippen LogP contribution >= 0.6 is 11.3 Å². The number of fused-ring (bicyclic) bond motifs is 2. The third-order valence-electron chi connectivity index (χ3n) is 6.97. The first-order valence-electron chi connectivity index (χ1n) is 13.4. The molecule has 0 saturated carbocycles. The van der Waals surface area contributed by atoms with Gasteiger partial charge < -0.3 is 24.7 Å². The van der Waals surface area contributed by atoms with Crippen LogP contribution in [0.2, 0.25) is 0 Å². The van der Waals surface area contributed by atoms with Gasteiger partial charge in [0.25, 0.3) is 17.4 Å². The van der Waals surface area contributed by atoms with Crippen LogP contribution in [0.15, 0.2) is 71.7 Å². The van der Waals surface area contributed by atoms with Crippen molar-refractivity contribution in [2.45, 2.75) is 32.4 Å². The summed E-state index contributed by atoms with van der Waals surface area (Å²) in [7, 11) is 0. The lowest BCUT2D eigenvalue weighted by Gasteiger charge is -2.14. The Hall–Kier alpha value is -4.81. The van der Waals surface area contributed by atoms with Crippen LogP contribution < -0.4 is 16.2 Å². The van der Waals surface area contributed by atoms with Crippen molar-refractivity contribution in [1.82, 2.24) is 19.4 Å². The number of nitrogens with one attached hydrogen (secondary N) is 2. The van der Waals surface area contributed by atoms with E-state index in [1.54, 1.807) is 12.1 Å². The molecule has 214 valence electrons. The molecule has 1 saturated heterocycles. The van der Waals surface area contributed by atoms with Crippen LogP contribution in [0.3, 0.4) is 0 Å². The SMILES string of the molecule is CC(=O)O[C@@H](C)C(=O)Nc1nc2sc(C(=O)N[C@@H]3CCOC3)cc2n(-c2ccc3ccn(-c4ccccc4)c3c2)c1=O. The molecule has 1 aliphatic heterocycles. The minimum absolute atomic E-state index is 0.0938. The number of amides is 2. The number of hydrogen-bond donors (Lipinski definition) is 2. The molecule has 2 aromatic carbocycles. The predicted molar refractivity (Wildman–Crippen MR) is 159 cm³/mol. The van der Waals surface area contributed by atoms with Crippen molar-refractivity contribution in [3.8, 4) is 11.4 Å². The summed E-state index contributed by atoms with van der Waals surface area (Å²) in [5, 5.41) is 6.44. The molecular weight excluding hydrogens is 558 g/mol. The molecule has 3 aromatic heterocycles. The number of esters is 1. The number of benzene rings is 2. The predicted octanol–water partition coefficient (Wildman–Crippen LogP) is 3.80. The first-order chi connectivity index (χ1) is 20.3. The van der Waals surface area contributed by atoms with Crippen LogP contribution in [0, 0.1) is 0 Å². The zero-order chi connectivity index (χ0) is 29.4. The fourth-order valence-corrected chi connectivity index (χ4v) is 5.84. The first kappa shape index (κ1) is 27.4. The number of ether oxygens (including phenoxy) is 2. The van der Waals surface area contributed by atoms with Gasteiger partial charge in [-0.25, -0.2) is 4.98 Å². The van der Waals surface area contributed by atoms with Gasteiger partial charge in [-0.05, 0) is 49.7 Å². The topological polar surface area (TPSA) is 134 Å². The molecule has 2 N–H and O–H groups in total. The zero-order valence-electron chi connectivity index (χ0n) is 22.8. The van der Waals surface area contributed by atoms with Gasteiger partial charge in [0.1, 0.15) is 4.83 Å². The summed E-state index contributed by atoms with van der Waals surface area (Å²) >= 11 is 1.11. The van der Waals surface area contributed by atoms with Gasteiger partial charge in [0, 0.05) is 30.8 Å². The van der Waals surface area contributed by atoms with Crippen molar-refractivity contribution in [2.24, 2.45) is 0 Å². The van der Waals surface area contributed by atoms with Crippen molar-refractivity contribution >= 4 is 56.2 Å². The molecule has 0 spiro atoms. The average molecular weight is 586 g/mol. The Kier molecular flexibility index (Phi) is 7.31. The van der Waals surface area contributed by atoms with E-state index in [0.717, 1.165) is 34.3 Å². The molecule has 1 aliphatic rings. The highest BCUT2D eigenvalue weighted by Crippen LogP contribution is 2.29. The smallest absolute Gasteiger partial charge is 0.303 e. The Morgan fingerprint density at radius 3 is 2.62 bits per heavy atom. The summed E-state index contributed by atoms with van der Waals surface area (Å²) in [5.41, 5.74) is 2.15. The summed E-state index contributed by atoms with van der Waals surface area (Å²) in [4.78, 5) is 56.3. The first-order valence-corrected chi connectivity index (χ1v) is 14.2. The van der Waals surface area contributed by atoms with Crippen LogP contribution in [-0.2, 0) is 19.1 Å². The van der Waals surface area contributed by atoms with Gasteiger partial charge in [-0.1, -0.05) is 24.3 Å². The Labute approximate surface area is 243 Å². The number of para-hydroxylation sites is 1. The maximum atomic E-state index is 13.9. The van der Waals surface area contributed by atoms with E-state index in [9.17, 15) is 19.2 Å². The van der Waals surface area contributed by atoms with Gasteiger partial charge in [0.05, 0.1) is 34.2 Å². The Morgan fingerprint density at radius 1 is 1.07 bits per heavy atom. The molecule has 2 atom stereocenters. The molecule has 1 fully saturated rings. The second kappa shape index (κ2) is 11.2. The molecular formula is C30H27N5O6S. The van der Waals surface area contributed by atoms with Crippen LogP contribution in [0.1, 0.15) is 29.9 Å². The number of thiophene rings is 1. The van der Waals surface area contributed by atoms with E-state index in [1.807, 2.05) is 59.3 Å². The van der Waals surface area contributed by atoms with Gasteiger partial charge in [0.2, 0.25) is 5.82 Å². The maximum absolute atomic E-state index is 13.9. The fraction of sp³-hybridized carbons (Fsp3) is 0.233. The largest absolute Gasteiger partial charge is 0.453 e. The number of rotatable bonds is 7. The van der Waals surface area contributed by atoms with E-state index < -0.39 is 23.5 Å². The van der Waals surface area contributed by atoms with Crippen LogP contribution in [-0.4, -0.2) is 57.3 Å². The minimum Gasteiger partial charge on any atom is -0.453 e. The van der Waals surface area contributed by atoms with E-state index in [0.29, 0.717) is 34.1 Å². The number of hydrogen-bond acceptors (Lipinski definition) is 8. The normalized spacial score (nSPS) is 15.5. The molecule has 0 aliphatic carbocycles. The second-order valence-electron chi connectivity index (χ2n) is 9.94. The van der Waals surface area contributed by atoms with Gasteiger partial charge >= 0.3 is 5.97 Å². The van der Waals surface area contributed by atoms with Crippen molar-refractivity contribution in [3.05, 3.63) is 82.1 Å². The van der Waals surface area contributed by atoms with Crippen molar-refractivity contribution in [3.63, 3.8) is 0 Å². The Bertz CT molecular complexity index is 1890. The third kappa shape index (κ3) is 5.29. The number of anilines is 1. The minimum atomic E-state index is -1.14. The van der Waals surface area contributed by atoms with Crippen LogP contribution in [0.25, 0.3) is 32.6 Å². The van der Waals surface area contributed by atoms with E-state index in [1.165, 1.54) is 18.4 Å².